The summed E-state index contributed by atoms with van der Waals surface area (Å²) >= 11 is 0. The highest BCUT2D eigenvalue weighted by atomic mass is 16.5. The van der Waals surface area contributed by atoms with Gasteiger partial charge < -0.3 is 20.8 Å². The molecule has 4 N–H and O–H groups in total. The van der Waals surface area contributed by atoms with Crippen LogP contribution >= 0.6 is 0 Å². The smallest absolute Gasteiger partial charge is 0.170 e. The number of rotatable bonds is 4. The number of hydrogen-bond donors (Lipinski definition) is 3. The molecule has 0 spiro atoms. The summed E-state index contributed by atoms with van der Waals surface area (Å²) in [5.74, 6) is 0.717. The number of aliphatic hydroxyl groups is 1. The van der Waals surface area contributed by atoms with Crippen molar-refractivity contribution in [1.29, 1.82) is 0 Å². The second-order valence-electron chi connectivity index (χ2n) is 3.71. The van der Waals surface area contributed by atoms with Crippen molar-refractivity contribution < 1.29 is 15.1 Å². The largest absolute Gasteiger partial charge is 0.491 e. The third kappa shape index (κ3) is 2.21. The van der Waals surface area contributed by atoms with Crippen LogP contribution in [0.25, 0.3) is 10.8 Å². The Balaban J connectivity index is 2.59. The van der Waals surface area contributed by atoms with Crippen molar-refractivity contribution in [2.24, 2.45) is 10.9 Å². The van der Waals surface area contributed by atoms with Crippen LogP contribution in [-0.2, 0) is 0 Å². The van der Waals surface area contributed by atoms with Gasteiger partial charge in [-0.2, -0.15) is 0 Å². The van der Waals surface area contributed by atoms with E-state index in [0.29, 0.717) is 11.3 Å². The summed E-state index contributed by atoms with van der Waals surface area (Å²) in [6.45, 7) is 0.184. The minimum absolute atomic E-state index is 0.0453. The number of fused-ring (bicyclic) bond motifs is 1. The molecule has 0 aliphatic carbocycles. The quantitative estimate of drug-likeness (QED) is 0.328. The Morgan fingerprint density at radius 3 is 2.56 bits per heavy atom. The summed E-state index contributed by atoms with van der Waals surface area (Å²) in [7, 11) is 0. The maximum Gasteiger partial charge on any atom is 0.170 e. The predicted molar refractivity (Wildman–Crippen MR) is 69.0 cm³/mol. The first kappa shape index (κ1) is 12.2. The zero-order valence-corrected chi connectivity index (χ0v) is 9.71. The zero-order chi connectivity index (χ0) is 13.0. The van der Waals surface area contributed by atoms with Crippen molar-refractivity contribution in [2.45, 2.75) is 0 Å². The molecule has 0 aromatic heterocycles. The Kier molecular flexibility index (Phi) is 3.64. The molecule has 0 aliphatic rings. The normalized spacial score (nSPS) is 11.7. The topological polar surface area (TPSA) is 88.1 Å². The van der Waals surface area contributed by atoms with E-state index in [-0.39, 0.29) is 19.0 Å². The number of ether oxygens (including phenoxy) is 1. The summed E-state index contributed by atoms with van der Waals surface area (Å²) in [6.07, 6.45) is 0. The van der Waals surface area contributed by atoms with Crippen LogP contribution in [0.2, 0.25) is 0 Å². The van der Waals surface area contributed by atoms with Crippen molar-refractivity contribution in [2.75, 3.05) is 13.2 Å². The first-order valence-electron chi connectivity index (χ1n) is 5.51. The lowest BCUT2D eigenvalue weighted by molar-refractivity contribution is 0.203. The van der Waals surface area contributed by atoms with E-state index in [9.17, 15) is 0 Å². The Morgan fingerprint density at radius 1 is 1.17 bits per heavy atom. The van der Waals surface area contributed by atoms with E-state index in [1.807, 2.05) is 24.3 Å². The maximum absolute atomic E-state index is 8.78. The SMILES string of the molecule is N/C(=N/O)c1ccc(OCCO)c2ccccc12. The van der Waals surface area contributed by atoms with Gasteiger partial charge in [0.2, 0.25) is 0 Å². The standard InChI is InChI=1S/C13H14N2O3/c14-13(15-17)11-5-6-12(18-8-7-16)10-4-2-1-3-9(10)11/h1-6,16-17H,7-8H2,(H2,14,15). The van der Waals surface area contributed by atoms with E-state index in [1.54, 1.807) is 12.1 Å². The molecule has 0 aliphatic heterocycles. The van der Waals surface area contributed by atoms with Gasteiger partial charge in [-0.25, -0.2) is 0 Å². The molecular weight excluding hydrogens is 232 g/mol. The van der Waals surface area contributed by atoms with Crippen molar-refractivity contribution in [1.82, 2.24) is 0 Å². The van der Waals surface area contributed by atoms with Crippen LogP contribution in [0.5, 0.6) is 5.75 Å². The average molecular weight is 246 g/mol. The molecule has 0 atom stereocenters. The number of hydrogen-bond acceptors (Lipinski definition) is 4. The highest BCUT2D eigenvalue weighted by Crippen LogP contribution is 2.28. The molecule has 94 valence electrons. The van der Waals surface area contributed by atoms with Gasteiger partial charge in [0, 0.05) is 10.9 Å². The summed E-state index contributed by atoms with van der Waals surface area (Å²) in [6, 6.07) is 11.0. The van der Waals surface area contributed by atoms with Crippen molar-refractivity contribution in [3.8, 4) is 5.75 Å². The second-order valence-corrected chi connectivity index (χ2v) is 3.71. The lowest BCUT2D eigenvalue weighted by Gasteiger charge is -2.11. The number of benzene rings is 2. The molecule has 2 aromatic carbocycles. The van der Waals surface area contributed by atoms with Gasteiger partial charge in [0.15, 0.2) is 5.84 Å². The Labute approximate surface area is 104 Å². The lowest BCUT2D eigenvalue weighted by atomic mass is 10.0. The number of nitrogens with two attached hydrogens (primary N) is 1. The fraction of sp³-hybridized carbons (Fsp3) is 0.154. The van der Waals surface area contributed by atoms with Gasteiger partial charge >= 0.3 is 0 Å². The Bertz CT molecular complexity index is 581. The first-order chi connectivity index (χ1) is 8.77. The number of nitrogens with zero attached hydrogens (tertiary/aromatic N) is 1. The molecule has 0 fully saturated rings. The maximum atomic E-state index is 8.78. The van der Waals surface area contributed by atoms with Gasteiger partial charge in [-0.1, -0.05) is 29.4 Å². The molecular formula is C13H14N2O3. The minimum Gasteiger partial charge on any atom is -0.491 e. The van der Waals surface area contributed by atoms with Gasteiger partial charge in [0.25, 0.3) is 0 Å². The van der Waals surface area contributed by atoms with E-state index >= 15 is 0 Å². The van der Waals surface area contributed by atoms with Gasteiger partial charge in [-0.15, -0.1) is 0 Å². The van der Waals surface area contributed by atoms with Crippen molar-refractivity contribution >= 4 is 16.6 Å². The van der Waals surface area contributed by atoms with Crippen LogP contribution < -0.4 is 10.5 Å². The molecule has 18 heavy (non-hydrogen) atoms. The monoisotopic (exact) mass is 246 g/mol. The highest BCUT2D eigenvalue weighted by Gasteiger charge is 2.09. The van der Waals surface area contributed by atoms with Gasteiger partial charge in [-0.3, -0.25) is 0 Å². The molecule has 0 saturated heterocycles. The molecule has 0 bridgehead atoms. The van der Waals surface area contributed by atoms with Gasteiger partial charge in [0.05, 0.1) is 6.61 Å². The summed E-state index contributed by atoms with van der Waals surface area (Å²) in [5.41, 5.74) is 6.27. The van der Waals surface area contributed by atoms with Crippen LogP contribution in [0.15, 0.2) is 41.6 Å². The number of aliphatic hydroxyl groups excluding tert-OH is 1. The number of oxime groups is 1. The summed E-state index contributed by atoms with van der Waals surface area (Å²) in [4.78, 5) is 0. The predicted octanol–water partition coefficient (Wildman–Crippen LogP) is 1.31. The third-order valence-corrected chi connectivity index (χ3v) is 2.62. The molecule has 0 heterocycles. The third-order valence-electron chi connectivity index (χ3n) is 2.62. The molecule has 0 saturated carbocycles. The van der Waals surface area contributed by atoms with E-state index in [2.05, 4.69) is 5.16 Å². The van der Waals surface area contributed by atoms with Crippen LogP contribution in [0, 0.1) is 0 Å². The molecule has 2 aromatic rings. The van der Waals surface area contributed by atoms with Crippen LogP contribution in [0.1, 0.15) is 5.56 Å². The molecule has 5 nitrogen and oxygen atoms in total. The van der Waals surface area contributed by atoms with E-state index < -0.39 is 0 Å². The fourth-order valence-electron chi connectivity index (χ4n) is 1.83. The fourth-order valence-corrected chi connectivity index (χ4v) is 1.83. The van der Waals surface area contributed by atoms with Crippen LogP contribution in [0.3, 0.4) is 0 Å². The number of amidine groups is 1. The molecule has 0 amide bonds. The summed E-state index contributed by atoms with van der Waals surface area (Å²) < 4.78 is 5.44. The minimum atomic E-state index is -0.0453. The summed E-state index contributed by atoms with van der Waals surface area (Å²) in [5, 5.41) is 22.2. The van der Waals surface area contributed by atoms with E-state index in [4.69, 9.17) is 20.8 Å². The zero-order valence-electron chi connectivity index (χ0n) is 9.71. The van der Waals surface area contributed by atoms with E-state index in [0.717, 1.165) is 10.8 Å². The van der Waals surface area contributed by atoms with E-state index in [1.165, 1.54) is 0 Å². The highest BCUT2D eigenvalue weighted by molar-refractivity contribution is 6.10. The lowest BCUT2D eigenvalue weighted by Crippen LogP contribution is -2.13. The van der Waals surface area contributed by atoms with Gasteiger partial charge in [0.1, 0.15) is 12.4 Å². The molecule has 0 radical (unpaired) electrons. The van der Waals surface area contributed by atoms with Gasteiger partial charge in [-0.05, 0) is 17.5 Å². The average Bonchev–Trinajstić information content (AvgIpc) is 2.43. The Hall–Kier alpha value is -2.27. The molecule has 5 heteroatoms. The van der Waals surface area contributed by atoms with Crippen molar-refractivity contribution in [3.05, 3.63) is 42.0 Å². The second kappa shape index (κ2) is 5.37. The first-order valence-corrected chi connectivity index (χ1v) is 5.51. The Morgan fingerprint density at radius 2 is 1.89 bits per heavy atom. The van der Waals surface area contributed by atoms with Crippen molar-refractivity contribution in [3.63, 3.8) is 0 Å². The molecule has 0 unspecified atom stereocenters. The molecule has 2 rings (SSSR count). The van der Waals surface area contributed by atoms with Crippen LogP contribution in [0.4, 0.5) is 0 Å². The van der Waals surface area contributed by atoms with Crippen LogP contribution in [-0.4, -0.2) is 29.4 Å².